The maximum atomic E-state index is 5.09. The SMILES string of the molecule is CCCC1=COCC=C1. The van der Waals surface area contributed by atoms with Crippen LogP contribution in [0.25, 0.3) is 0 Å². The molecule has 0 fully saturated rings. The Kier molecular flexibility index (Phi) is 2.37. The molecule has 50 valence electrons. The Hall–Kier alpha value is -0.720. The van der Waals surface area contributed by atoms with Gasteiger partial charge in [0.15, 0.2) is 0 Å². The summed E-state index contributed by atoms with van der Waals surface area (Å²) in [6.07, 6.45) is 8.36. The highest BCUT2D eigenvalue weighted by Crippen LogP contribution is 2.09. The smallest absolute Gasteiger partial charge is 0.106 e. The van der Waals surface area contributed by atoms with Crippen LogP contribution < -0.4 is 0 Å². The number of allylic oxidation sites excluding steroid dienone is 2. The molecule has 0 aliphatic carbocycles. The topological polar surface area (TPSA) is 9.23 Å². The first-order valence-corrected chi connectivity index (χ1v) is 3.40. The molecule has 0 aromatic heterocycles. The zero-order valence-corrected chi connectivity index (χ0v) is 5.76. The van der Waals surface area contributed by atoms with Gasteiger partial charge < -0.3 is 4.74 Å². The Labute approximate surface area is 56.0 Å². The van der Waals surface area contributed by atoms with E-state index in [2.05, 4.69) is 13.0 Å². The number of hydrogen-bond donors (Lipinski definition) is 0. The van der Waals surface area contributed by atoms with Gasteiger partial charge in [-0.2, -0.15) is 0 Å². The van der Waals surface area contributed by atoms with Gasteiger partial charge in [-0.15, -0.1) is 0 Å². The molecule has 0 N–H and O–H groups in total. The standard InChI is InChI=1S/C8H12O/c1-2-4-8-5-3-6-9-7-8/h3,5,7H,2,4,6H2,1H3. The van der Waals surface area contributed by atoms with Crippen molar-refractivity contribution >= 4 is 0 Å². The van der Waals surface area contributed by atoms with E-state index < -0.39 is 0 Å². The Morgan fingerprint density at radius 3 is 3.11 bits per heavy atom. The van der Waals surface area contributed by atoms with Crippen molar-refractivity contribution < 1.29 is 4.74 Å². The molecule has 0 bridgehead atoms. The van der Waals surface area contributed by atoms with E-state index >= 15 is 0 Å². The molecule has 1 aliphatic rings. The minimum absolute atomic E-state index is 0.743. The molecule has 1 aliphatic heterocycles. The van der Waals surface area contributed by atoms with Crippen LogP contribution in [0.3, 0.4) is 0 Å². The van der Waals surface area contributed by atoms with Crippen molar-refractivity contribution in [3.05, 3.63) is 24.0 Å². The van der Waals surface area contributed by atoms with Crippen LogP contribution in [0.2, 0.25) is 0 Å². The van der Waals surface area contributed by atoms with E-state index in [1.165, 1.54) is 12.0 Å². The Balaban J connectivity index is 2.38. The molecule has 0 spiro atoms. The van der Waals surface area contributed by atoms with Crippen LogP contribution in [0.4, 0.5) is 0 Å². The first-order valence-electron chi connectivity index (χ1n) is 3.40. The predicted octanol–water partition coefficient (Wildman–Crippen LogP) is 2.26. The molecule has 1 rings (SSSR count). The maximum Gasteiger partial charge on any atom is 0.106 e. The third-order valence-corrected chi connectivity index (χ3v) is 1.30. The van der Waals surface area contributed by atoms with E-state index in [0.29, 0.717) is 0 Å². The molecule has 9 heavy (non-hydrogen) atoms. The maximum absolute atomic E-state index is 5.09. The molecule has 0 radical (unpaired) electrons. The summed E-state index contributed by atoms with van der Waals surface area (Å²) >= 11 is 0. The summed E-state index contributed by atoms with van der Waals surface area (Å²) in [4.78, 5) is 0. The Bertz CT molecular complexity index is 134. The van der Waals surface area contributed by atoms with Gasteiger partial charge in [-0.25, -0.2) is 0 Å². The highest BCUT2D eigenvalue weighted by molar-refractivity contribution is 5.18. The predicted molar refractivity (Wildman–Crippen MR) is 38.1 cm³/mol. The average Bonchev–Trinajstić information content (AvgIpc) is 1.91. The molecular weight excluding hydrogens is 112 g/mol. The van der Waals surface area contributed by atoms with Crippen LogP contribution in [-0.2, 0) is 4.74 Å². The molecule has 0 aromatic rings. The highest BCUT2D eigenvalue weighted by atomic mass is 16.5. The number of ether oxygens (including phenoxy) is 1. The summed E-state index contributed by atoms with van der Waals surface area (Å²) in [7, 11) is 0. The van der Waals surface area contributed by atoms with Gasteiger partial charge in [-0.05, 0) is 18.1 Å². The van der Waals surface area contributed by atoms with Crippen molar-refractivity contribution in [2.45, 2.75) is 19.8 Å². The van der Waals surface area contributed by atoms with Gasteiger partial charge in [-0.1, -0.05) is 19.4 Å². The first kappa shape index (κ1) is 6.40. The molecule has 0 aromatic carbocycles. The molecule has 0 amide bonds. The van der Waals surface area contributed by atoms with E-state index in [9.17, 15) is 0 Å². The van der Waals surface area contributed by atoms with Crippen LogP contribution in [-0.4, -0.2) is 6.61 Å². The van der Waals surface area contributed by atoms with Crippen molar-refractivity contribution in [1.29, 1.82) is 0 Å². The van der Waals surface area contributed by atoms with Gasteiger partial charge >= 0.3 is 0 Å². The monoisotopic (exact) mass is 124 g/mol. The fraction of sp³-hybridized carbons (Fsp3) is 0.500. The van der Waals surface area contributed by atoms with Crippen molar-refractivity contribution in [3.8, 4) is 0 Å². The third kappa shape index (κ3) is 1.92. The molecular formula is C8H12O. The second-order valence-corrected chi connectivity index (χ2v) is 2.18. The first-order chi connectivity index (χ1) is 4.43. The van der Waals surface area contributed by atoms with Crippen LogP contribution in [0, 0.1) is 0 Å². The van der Waals surface area contributed by atoms with Gasteiger partial charge in [0.1, 0.15) is 6.61 Å². The summed E-state index contributed by atoms with van der Waals surface area (Å²) in [5.41, 5.74) is 1.31. The fourth-order valence-corrected chi connectivity index (χ4v) is 0.880. The lowest BCUT2D eigenvalue weighted by molar-refractivity contribution is 0.281. The second kappa shape index (κ2) is 3.33. The lowest BCUT2D eigenvalue weighted by atomic mass is 10.1. The van der Waals surface area contributed by atoms with Crippen LogP contribution in [0.15, 0.2) is 24.0 Å². The van der Waals surface area contributed by atoms with E-state index in [0.717, 1.165) is 13.0 Å². The zero-order valence-electron chi connectivity index (χ0n) is 5.76. The van der Waals surface area contributed by atoms with E-state index in [4.69, 9.17) is 4.74 Å². The molecule has 0 saturated carbocycles. The molecule has 1 heteroatoms. The van der Waals surface area contributed by atoms with Gasteiger partial charge in [0, 0.05) is 0 Å². The quantitative estimate of drug-likeness (QED) is 0.548. The van der Waals surface area contributed by atoms with Gasteiger partial charge in [0.05, 0.1) is 6.26 Å². The Morgan fingerprint density at radius 2 is 2.56 bits per heavy atom. The largest absolute Gasteiger partial charge is 0.497 e. The third-order valence-electron chi connectivity index (χ3n) is 1.30. The summed E-state index contributed by atoms with van der Waals surface area (Å²) in [5.74, 6) is 0. The molecule has 1 heterocycles. The lowest BCUT2D eigenvalue weighted by Gasteiger charge is -2.05. The summed E-state index contributed by atoms with van der Waals surface area (Å²) in [5, 5.41) is 0. The highest BCUT2D eigenvalue weighted by Gasteiger charge is 1.93. The minimum Gasteiger partial charge on any atom is -0.497 e. The summed E-state index contributed by atoms with van der Waals surface area (Å²) < 4.78 is 5.09. The van der Waals surface area contributed by atoms with Crippen LogP contribution in [0.1, 0.15) is 19.8 Å². The van der Waals surface area contributed by atoms with Crippen LogP contribution in [0.5, 0.6) is 0 Å². The molecule has 1 nitrogen and oxygen atoms in total. The molecule has 0 saturated heterocycles. The van der Waals surface area contributed by atoms with Gasteiger partial charge in [-0.3, -0.25) is 0 Å². The normalized spacial score (nSPS) is 16.8. The number of hydrogen-bond acceptors (Lipinski definition) is 1. The van der Waals surface area contributed by atoms with E-state index in [-0.39, 0.29) is 0 Å². The van der Waals surface area contributed by atoms with Crippen molar-refractivity contribution in [2.75, 3.05) is 6.61 Å². The average molecular weight is 124 g/mol. The lowest BCUT2D eigenvalue weighted by Crippen LogP contribution is -1.91. The zero-order chi connectivity index (χ0) is 6.53. The summed E-state index contributed by atoms with van der Waals surface area (Å²) in [6.45, 7) is 2.91. The second-order valence-electron chi connectivity index (χ2n) is 2.18. The van der Waals surface area contributed by atoms with E-state index in [1.807, 2.05) is 12.3 Å². The molecule has 0 unspecified atom stereocenters. The van der Waals surface area contributed by atoms with Gasteiger partial charge in [0.25, 0.3) is 0 Å². The molecule has 0 atom stereocenters. The van der Waals surface area contributed by atoms with Gasteiger partial charge in [0.2, 0.25) is 0 Å². The van der Waals surface area contributed by atoms with E-state index in [1.54, 1.807) is 0 Å². The fourth-order valence-electron chi connectivity index (χ4n) is 0.880. The van der Waals surface area contributed by atoms with Crippen molar-refractivity contribution in [1.82, 2.24) is 0 Å². The summed E-state index contributed by atoms with van der Waals surface area (Å²) in [6, 6.07) is 0. The minimum atomic E-state index is 0.743. The Morgan fingerprint density at radius 1 is 1.67 bits per heavy atom. The van der Waals surface area contributed by atoms with Crippen molar-refractivity contribution in [3.63, 3.8) is 0 Å². The van der Waals surface area contributed by atoms with Crippen molar-refractivity contribution in [2.24, 2.45) is 0 Å². The number of rotatable bonds is 2. The van der Waals surface area contributed by atoms with Crippen LogP contribution >= 0.6 is 0 Å².